The molecule has 0 saturated heterocycles. The third-order valence-electron chi connectivity index (χ3n) is 5.11. The smallest absolute Gasteiger partial charge is 0.364 e. The molecular formula is C23H24N4O2. The van der Waals surface area contributed by atoms with E-state index in [1.165, 1.54) is 14.9 Å². The van der Waals surface area contributed by atoms with Gasteiger partial charge in [-0.2, -0.15) is 4.68 Å². The van der Waals surface area contributed by atoms with Crippen molar-refractivity contribution in [3.63, 3.8) is 0 Å². The van der Waals surface area contributed by atoms with Crippen LogP contribution in [0.4, 0.5) is 0 Å². The van der Waals surface area contributed by atoms with E-state index in [9.17, 15) is 4.79 Å². The Bertz CT molecular complexity index is 1230. The van der Waals surface area contributed by atoms with Crippen LogP contribution in [0.5, 0.6) is 5.75 Å². The van der Waals surface area contributed by atoms with E-state index < -0.39 is 0 Å². The fraction of sp³-hybridized carbons (Fsp3) is 0.217. The summed E-state index contributed by atoms with van der Waals surface area (Å²) >= 11 is 0. The third-order valence-corrected chi connectivity index (χ3v) is 5.11. The van der Waals surface area contributed by atoms with E-state index in [1.807, 2.05) is 56.4 Å². The van der Waals surface area contributed by atoms with Crippen molar-refractivity contribution in [3.05, 3.63) is 87.5 Å². The van der Waals surface area contributed by atoms with Gasteiger partial charge in [-0.15, -0.1) is 0 Å². The molecule has 0 saturated carbocycles. The quantitative estimate of drug-likeness (QED) is 0.560. The predicted molar refractivity (Wildman–Crippen MR) is 114 cm³/mol. The highest BCUT2D eigenvalue weighted by atomic mass is 16.5. The van der Waals surface area contributed by atoms with Crippen molar-refractivity contribution < 1.29 is 4.74 Å². The number of aromatic nitrogens is 4. The average Bonchev–Trinajstić information content (AvgIpc) is 2.71. The second kappa shape index (κ2) is 7.47. The largest absolute Gasteiger partial charge is 0.489 e. The molecule has 2 aromatic heterocycles. The minimum Gasteiger partial charge on any atom is -0.489 e. The van der Waals surface area contributed by atoms with Crippen molar-refractivity contribution in [1.29, 1.82) is 0 Å². The number of nitrogens with zero attached hydrogens (tertiary/aromatic N) is 3. The lowest BCUT2D eigenvalue weighted by molar-refractivity contribution is 0.301. The molecule has 1 N–H and O–H groups in total. The molecule has 6 nitrogen and oxygen atoms in total. The first-order chi connectivity index (χ1) is 13.9. The van der Waals surface area contributed by atoms with Gasteiger partial charge in [-0.3, -0.25) is 4.98 Å². The molecule has 0 unspecified atom stereocenters. The van der Waals surface area contributed by atoms with Crippen LogP contribution in [0.2, 0.25) is 0 Å². The van der Waals surface area contributed by atoms with E-state index in [0.29, 0.717) is 6.61 Å². The van der Waals surface area contributed by atoms with Gasteiger partial charge in [0, 0.05) is 24.4 Å². The number of benzene rings is 2. The Morgan fingerprint density at radius 2 is 1.86 bits per heavy atom. The van der Waals surface area contributed by atoms with Crippen LogP contribution in [0.3, 0.4) is 0 Å². The Kier molecular flexibility index (Phi) is 4.84. The summed E-state index contributed by atoms with van der Waals surface area (Å²) in [6.45, 7) is 6.49. The predicted octanol–water partition coefficient (Wildman–Crippen LogP) is 4.07. The van der Waals surface area contributed by atoms with Crippen molar-refractivity contribution in [2.24, 2.45) is 7.05 Å². The van der Waals surface area contributed by atoms with Gasteiger partial charge in [0.2, 0.25) is 0 Å². The van der Waals surface area contributed by atoms with Gasteiger partial charge in [0.1, 0.15) is 12.4 Å². The van der Waals surface area contributed by atoms with E-state index >= 15 is 0 Å². The van der Waals surface area contributed by atoms with Gasteiger partial charge in [0.05, 0.1) is 11.4 Å². The Hall–Kier alpha value is -3.54. The Morgan fingerprint density at radius 1 is 1.03 bits per heavy atom. The summed E-state index contributed by atoms with van der Waals surface area (Å²) in [5.74, 6) is 0.815. The summed E-state index contributed by atoms with van der Waals surface area (Å²) in [6.07, 6.45) is 1.83. The van der Waals surface area contributed by atoms with Crippen LogP contribution in [0.15, 0.2) is 59.5 Å². The minimum atomic E-state index is -0.0944. The maximum Gasteiger partial charge on any atom is 0.364 e. The van der Waals surface area contributed by atoms with Crippen LogP contribution < -0.4 is 10.4 Å². The zero-order valence-corrected chi connectivity index (χ0v) is 17.1. The molecule has 148 valence electrons. The van der Waals surface area contributed by atoms with E-state index in [1.54, 1.807) is 7.05 Å². The standard InChI is InChI=1S/C23H24N4O2/c1-15-10-11-24-20(12-15)18-8-9-22(17(3)13-18)29-14-19-16(2)6-5-7-21(19)27-23(28)26(4)25-27/h5-13,25H,14H2,1-4H3. The molecule has 0 amide bonds. The number of aryl methyl sites for hydroxylation is 4. The molecule has 0 aliphatic rings. The Morgan fingerprint density at radius 3 is 2.55 bits per heavy atom. The number of H-pyrrole nitrogens is 1. The highest BCUT2D eigenvalue weighted by Crippen LogP contribution is 2.27. The number of hydrogen-bond acceptors (Lipinski definition) is 3. The zero-order chi connectivity index (χ0) is 20.5. The average molecular weight is 388 g/mol. The minimum absolute atomic E-state index is 0.0944. The summed E-state index contributed by atoms with van der Waals surface area (Å²) in [5, 5.41) is 2.97. The Balaban J connectivity index is 1.59. The number of hydrogen-bond donors (Lipinski definition) is 1. The molecule has 0 bridgehead atoms. The monoisotopic (exact) mass is 388 g/mol. The summed E-state index contributed by atoms with van der Waals surface area (Å²) in [5.41, 5.74) is 7.00. The van der Waals surface area contributed by atoms with Crippen molar-refractivity contribution in [3.8, 4) is 22.7 Å². The molecule has 0 atom stereocenters. The molecule has 6 heteroatoms. The highest BCUT2D eigenvalue weighted by molar-refractivity contribution is 5.62. The number of nitrogens with one attached hydrogen (secondary N) is 1. The maximum absolute atomic E-state index is 12.1. The van der Waals surface area contributed by atoms with Crippen LogP contribution >= 0.6 is 0 Å². The highest BCUT2D eigenvalue weighted by Gasteiger charge is 2.14. The molecule has 0 radical (unpaired) electrons. The summed E-state index contributed by atoms with van der Waals surface area (Å²) in [7, 11) is 1.69. The van der Waals surface area contributed by atoms with Crippen LogP contribution in [-0.4, -0.2) is 19.6 Å². The first-order valence-electron chi connectivity index (χ1n) is 9.53. The second-order valence-corrected chi connectivity index (χ2v) is 7.34. The van der Waals surface area contributed by atoms with E-state index in [-0.39, 0.29) is 5.69 Å². The SMILES string of the molecule is Cc1ccnc(-c2ccc(OCc3c(C)cccc3-n3[nH]n(C)c3=O)c(C)c2)c1. The number of rotatable bonds is 5. The van der Waals surface area contributed by atoms with E-state index in [0.717, 1.165) is 39.4 Å². The van der Waals surface area contributed by atoms with Crippen LogP contribution in [0.25, 0.3) is 16.9 Å². The third kappa shape index (κ3) is 3.61. The molecule has 29 heavy (non-hydrogen) atoms. The zero-order valence-electron chi connectivity index (χ0n) is 17.1. The van der Waals surface area contributed by atoms with E-state index in [2.05, 4.69) is 29.3 Å². The van der Waals surface area contributed by atoms with Crippen molar-refractivity contribution >= 4 is 0 Å². The number of ether oxygens (including phenoxy) is 1. The first-order valence-corrected chi connectivity index (χ1v) is 9.53. The normalized spacial score (nSPS) is 11.0. The van der Waals surface area contributed by atoms with Gasteiger partial charge in [-0.1, -0.05) is 12.1 Å². The van der Waals surface area contributed by atoms with Gasteiger partial charge in [0.15, 0.2) is 0 Å². The molecule has 0 spiro atoms. The second-order valence-electron chi connectivity index (χ2n) is 7.34. The first kappa shape index (κ1) is 18.8. The van der Waals surface area contributed by atoms with Crippen molar-refractivity contribution in [2.45, 2.75) is 27.4 Å². The fourth-order valence-corrected chi connectivity index (χ4v) is 3.40. The van der Waals surface area contributed by atoms with Crippen LogP contribution in [-0.2, 0) is 13.7 Å². The van der Waals surface area contributed by atoms with Crippen LogP contribution in [0.1, 0.15) is 22.3 Å². The summed E-state index contributed by atoms with van der Waals surface area (Å²) < 4.78 is 9.11. The lowest BCUT2D eigenvalue weighted by Crippen LogP contribution is -2.40. The van der Waals surface area contributed by atoms with Gasteiger partial charge in [-0.05, 0) is 73.9 Å². The molecule has 0 aliphatic heterocycles. The molecule has 4 rings (SSSR count). The molecule has 0 fully saturated rings. The maximum atomic E-state index is 12.1. The van der Waals surface area contributed by atoms with E-state index in [4.69, 9.17) is 4.74 Å². The summed E-state index contributed by atoms with van der Waals surface area (Å²) in [4.78, 5) is 16.5. The number of pyridine rings is 1. The van der Waals surface area contributed by atoms with Crippen molar-refractivity contribution in [2.75, 3.05) is 0 Å². The summed E-state index contributed by atoms with van der Waals surface area (Å²) in [6, 6.07) is 16.0. The molecular weight excluding hydrogens is 364 g/mol. The van der Waals surface area contributed by atoms with Gasteiger partial charge in [-0.25, -0.2) is 14.7 Å². The molecule has 4 aromatic rings. The van der Waals surface area contributed by atoms with Crippen molar-refractivity contribution in [1.82, 2.24) is 19.6 Å². The topological polar surface area (TPSA) is 64.8 Å². The lowest BCUT2D eigenvalue weighted by atomic mass is 10.1. The lowest BCUT2D eigenvalue weighted by Gasteiger charge is -2.19. The molecule has 2 heterocycles. The van der Waals surface area contributed by atoms with Gasteiger partial charge in [0.25, 0.3) is 0 Å². The van der Waals surface area contributed by atoms with Gasteiger partial charge >= 0.3 is 5.69 Å². The fourth-order valence-electron chi connectivity index (χ4n) is 3.40. The van der Waals surface area contributed by atoms with Gasteiger partial charge < -0.3 is 4.74 Å². The molecule has 2 aromatic carbocycles. The Labute approximate surface area is 169 Å². The van der Waals surface area contributed by atoms with Crippen LogP contribution in [0, 0.1) is 20.8 Å². The number of aromatic amines is 1. The molecule has 0 aliphatic carbocycles.